The Kier molecular flexibility index (Phi) is 7.87. The molecule has 2 aliphatic rings. The van der Waals surface area contributed by atoms with Gasteiger partial charge in [0.15, 0.2) is 23.0 Å². The number of allylic oxidation sites excluding steroid dienone is 1. The molecule has 0 radical (unpaired) electrons. The number of nitrogens with one attached hydrogen (secondary N) is 1. The van der Waals surface area contributed by atoms with E-state index in [-0.39, 0.29) is 30.3 Å². The van der Waals surface area contributed by atoms with E-state index in [1.165, 1.54) is 30.3 Å². The van der Waals surface area contributed by atoms with E-state index < -0.39 is 22.8 Å². The summed E-state index contributed by atoms with van der Waals surface area (Å²) >= 11 is 0. The number of ether oxygens (including phenoxy) is 4. The molecule has 1 N–H and O–H groups in total. The average Bonchev–Trinajstić information content (AvgIpc) is 3.43. The summed E-state index contributed by atoms with van der Waals surface area (Å²) in [6, 6.07) is 13.0. The number of carbonyl (C=O) groups is 3. The van der Waals surface area contributed by atoms with Gasteiger partial charge in [-0.3, -0.25) is 25.0 Å². The van der Waals surface area contributed by atoms with E-state index in [2.05, 4.69) is 11.9 Å². The molecule has 1 saturated heterocycles. The summed E-state index contributed by atoms with van der Waals surface area (Å²) in [5.41, 5.74) is 1.74. The van der Waals surface area contributed by atoms with Gasteiger partial charge in [0.05, 0.1) is 17.2 Å². The van der Waals surface area contributed by atoms with Crippen molar-refractivity contribution >= 4 is 35.3 Å². The van der Waals surface area contributed by atoms with Crippen molar-refractivity contribution in [1.29, 1.82) is 0 Å². The van der Waals surface area contributed by atoms with Gasteiger partial charge in [0.1, 0.15) is 12.2 Å². The number of non-ortho nitro benzene ring substituents is 1. The number of anilines is 1. The molecule has 0 aliphatic carbocycles. The number of nitrogens with zero attached hydrogens (tertiary/aromatic N) is 2. The summed E-state index contributed by atoms with van der Waals surface area (Å²) in [6.45, 7) is 6.03. The lowest BCUT2D eigenvalue weighted by Gasteiger charge is -2.26. The van der Waals surface area contributed by atoms with Gasteiger partial charge in [-0.25, -0.2) is 9.69 Å². The number of amides is 4. The van der Waals surface area contributed by atoms with Crippen molar-refractivity contribution in [3.63, 3.8) is 0 Å². The number of imide groups is 2. The minimum Gasteiger partial charge on any atom is -0.490 e. The topological polar surface area (TPSA) is 147 Å². The van der Waals surface area contributed by atoms with Crippen LogP contribution in [0, 0.1) is 10.1 Å². The standard InChI is InChI=1S/C30H25N3O9/c1-3-5-20-12-19(14-26(39-4-2)27(20)40-16-18-6-8-21(9-7-18)33(37)38)13-23-28(34)31-30(36)32(29(23)35)22-10-11-24-25(15-22)42-17-41-24/h3,6-15H,1,4-5,16-17H2,2H3,(H,31,34,36)/b23-13+. The first kappa shape index (κ1) is 27.9. The van der Waals surface area contributed by atoms with E-state index in [0.717, 1.165) is 4.90 Å². The summed E-state index contributed by atoms with van der Waals surface area (Å²) in [7, 11) is 0. The second kappa shape index (κ2) is 11.8. The Hall–Kier alpha value is -5.65. The van der Waals surface area contributed by atoms with Crippen molar-refractivity contribution in [3.05, 3.63) is 99.6 Å². The highest BCUT2D eigenvalue weighted by Gasteiger charge is 2.37. The Bertz CT molecular complexity index is 1630. The van der Waals surface area contributed by atoms with Gasteiger partial charge in [-0.1, -0.05) is 6.08 Å². The molecule has 0 spiro atoms. The number of carbonyl (C=O) groups excluding carboxylic acids is 3. The van der Waals surface area contributed by atoms with E-state index in [4.69, 9.17) is 18.9 Å². The first-order chi connectivity index (χ1) is 20.3. The molecule has 2 aliphatic heterocycles. The monoisotopic (exact) mass is 571 g/mol. The fourth-order valence-corrected chi connectivity index (χ4v) is 4.45. The first-order valence-corrected chi connectivity index (χ1v) is 12.9. The number of rotatable bonds is 10. The van der Waals surface area contributed by atoms with Crippen LogP contribution < -0.4 is 29.2 Å². The zero-order valence-corrected chi connectivity index (χ0v) is 22.5. The fraction of sp³-hybridized carbons (Fsp3) is 0.167. The quantitative estimate of drug-likeness (QED) is 0.120. The van der Waals surface area contributed by atoms with Gasteiger partial charge in [0.2, 0.25) is 6.79 Å². The van der Waals surface area contributed by atoms with Crippen LogP contribution in [0.25, 0.3) is 6.08 Å². The van der Waals surface area contributed by atoms with Crippen LogP contribution in [-0.4, -0.2) is 36.2 Å². The highest BCUT2D eigenvalue weighted by Crippen LogP contribution is 2.38. The highest BCUT2D eigenvalue weighted by atomic mass is 16.7. The van der Waals surface area contributed by atoms with Crippen LogP contribution in [0.15, 0.2) is 72.8 Å². The lowest BCUT2D eigenvalue weighted by Crippen LogP contribution is -2.54. The number of benzene rings is 3. The molecular weight excluding hydrogens is 546 g/mol. The van der Waals surface area contributed by atoms with E-state index in [1.807, 2.05) is 0 Å². The van der Waals surface area contributed by atoms with Gasteiger partial charge in [-0.05, 0) is 66.9 Å². The third kappa shape index (κ3) is 5.63. The molecule has 4 amide bonds. The Morgan fingerprint density at radius 3 is 2.52 bits per heavy atom. The number of urea groups is 1. The minimum atomic E-state index is -0.890. The van der Waals surface area contributed by atoms with Gasteiger partial charge in [-0.2, -0.15) is 0 Å². The number of nitro groups is 1. The molecule has 0 unspecified atom stereocenters. The zero-order valence-electron chi connectivity index (χ0n) is 22.5. The molecule has 0 atom stereocenters. The van der Waals surface area contributed by atoms with E-state index >= 15 is 0 Å². The second-order valence-corrected chi connectivity index (χ2v) is 9.14. The van der Waals surface area contributed by atoms with Crippen LogP contribution in [0.3, 0.4) is 0 Å². The number of barbiturate groups is 1. The Balaban J connectivity index is 1.47. The van der Waals surface area contributed by atoms with Crippen molar-refractivity contribution in [3.8, 4) is 23.0 Å². The maximum absolute atomic E-state index is 13.5. The predicted octanol–water partition coefficient (Wildman–Crippen LogP) is 4.70. The molecule has 3 aromatic carbocycles. The number of hydrogen-bond acceptors (Lipinski definition) is 9. The maximum Gasteiger partial charge on any atom is 0.335 e. The van der Waals surface area contributed by atoms with Crippen LogP contribution >= 0.6 is 0 Å². The zero-order chi connectivity index (χ0) is 29.8. The first-order valence-electron chi connectivity index (χ1n) is 12.9. The molecule has 3 aromatic rings. The Labute approximate surface area is 239 Å². The lowest BCUT2D eigenvalue weighted by molar-refractivity contribution is -0.384. The summed E-state index contributed by atoms with van der Waals surface area (Å²) in [4.78, 5) is 50.2. The maximum atomic E-state index is 13.5. The lowest BCUT2D eigenvalue weighted by atomic mass is 10.0. The van der Waals surface area contributed by atoms with E-state index in [0.29, 0.717) is 52.7 Å². The van der Waals surface area contributed by atoms with Crippen molar-refractivity contribution < 1.29 is 38.3 Å². The van der Waals surface area contributed by atoms with Crippen molar-refractivity contribution in [2.75, 3.05) is 18.3 Å². The second-order valence-electron chi connectivity index (χ2n) is 9.14. The third-order valence-corrected chi connectivity index (χ3v) is 6.38. The number of fused-ring (bicyclic) bond motifs is 1. The smallest absolute Gasteiger partial charge is 0.335 e. The molecule has 2 heterocycles. The molecule has 0 bridgehead atoms. The van der Waals surface area contributed by atoms with Crippen molar-refractivity contribution in [2.24, 2.45) is 0 Å². The number of hydrogen-bond donors (Lipinski definition) is 1. The normalized spacial score (nSPS) is 15.0. The van der Waals surface area contributed by atoms with E-state index in [1.54, 1.807) is 43.3 Å². The van der Waals surface area contributed by atoms with Gasteiger partial charge in [-0.15, -0.1) is 6.58 Å². The van der Waals surface area contributed by atoms with Crippen molar-refractivity contribution in [1.82, 2.24) is 5.32 Å². The largest absolute Gasteiger partial charge is 0.490 e. The Morgan fingerprint density at radius 1 is 1.05 bits per heavy atom. The molecule has 0 aromatic heterocycles. The summed E-state index contributed by atoms with van der Waals surface area (Å²) in [5.74, 6) is -0.0281. The number of nitro benzene ring substituents is 1. The van der Waals surface area contributed by atoms with Gasteiger partial charge >= 0.3 is 6.03 Å². The fourth-order valence-electron chi connectivity index (χ4n) is 4.45. The molecule has 5 rings (SSSR count). The molecular formula is C30H25N3O9. The van der Waals surface area contributed by atoms with Crippen molar-refractivity contribution in [2.45, 2.75) is 20.0 Å². The minimum absolute atomic E-state index is 0.0192. The summed E-state index contributed by atoms with van der Waals surface area (Å²) in [5, 5.41) is 13.2. The molecule has 214 valence electrons. The molecule has 12 nitrogen and oxygen atoms in total. The molecule has 42 heavy (non-hydrogen) atoms. The molecule has 12 heteroatoms. The van der Waals surface area contributed by atoms with Crippen LogP contribution in [-0.2, 0) is 22.6 Å². The highest BCUT2D eigenvalue weighted by molar-refractivity contribution is 6.39. The third-order valence-electron chi connectivity index (χ3n) is 6.38. The van der Waals surface area contributed by atoms with Gasteiger partial charge in [0.25, 0.3) is 17.5 Å². The average molecular weight is 572 g/mol. The summed E-state index contributed by atoms with van der Waals surface area (Å²) in [6.07, 6.45) is 3.41. The van der Waals surface area contributed by atoms with Gasteiger partial charge < -0.3 is 18.9 Å². The molecule has 1 fully saturated rings. The summed E-state index contributed by atoms with van der Waals surface area (Å²) < 4.78 is 22.6. The van der Waals surface area contributed by atoms with Crippen LogP contribution in [0.5, 0.6) is 23.0 Å². The van der Waals surface area contributed by atoms with Crippen LogP contribution in [0.1, 0.15) is 23.6 Å². The molecule has 0 saturated carbocycles. The SMILES string of the molecule is C=CCc1cc(/C=C2\C(=O)NC(=O)N(c3ccc4c(c3)OCO4)C2=O)cc(OCC)c1OCc1ccc([N+](=O)[O-])cc1. The van der Waals surface area contributed by atoms with E-state index in [9.17, 15) is 24.5 Å². The predicted molar refractivity (Wildman–Crippen MR) is 151 cm³/mol. The van der Waals surface area contributed by atoms with Crippen LogP contribution in [0.4, 0.5) is 16.2 Å². The Morgan fingerprint density at radius 2 is 1.81 bits per heavy atom. The van der Waals surface area contributed by atoms with Gasteiger partial charge in [0, 0.05) is 23.8 Å². The van der Waals surface area contributed by atoms with Crippen LogP contribution in [0.2, 0.25) is 0 Å².